The molecular weight excluding hydrogens is 244 g/mol. The lowest BCUT2D eigenvalue weighted by Crippen LogP contribution is -2.17. The second-order valence-electron chi connectivity index (χ2n) is 4.67. The molecular formula is C14H22N2OS. The molecule has 0 amide bonds. The minimum Gasteiger partial charge on any atom is -0.377 e. The monoisotopic (exact) mass is 266 g/mol. The lowest BCUT2D eigenvalue weighted by molar-refractivity contribution is 0.127. The van der Waals surface area contributed by atoms with E-state index in [1.807, 2.05) is 24.0 Å². The highest BCUT2D eigenvalue weighted by molar-refractivity contribution is 8.00. The molecule has 2 heterocycles. The van der Waals surface area contributed by atoms with Crippen LogP contribution < -0.4 is 5.32 Å². The summed E-state index contributed by atoms with van der Waals surface area (Å²) in [7, 11) is 0. The van der Waals surface area contributed by atoms with Crippen molar-refractivity contribution in [2.24, 2.45) is 0 Å². The van der Waals surface area contributed by atoms with E-state index in [1.165, 1.54) is 5.56 Å². The Kier molecular flexibility index (Phi) is 5.47. The fourth-order valence-electron chi connectivity index (χ4n) is 2.07. The van der Waals surface area contributed by atoms with Gasteiger partial charge in [-0.15, -0.1) is 0 Å². The lowest BCUT2D eigenvalue weighted by atomic mass is 10.2. The van der Waals surface area contributed by atoms with Gasteiger partial charge in [-0.3, -0.25) is 0 Å². The maximum Gasteiger partial charge on any atom is 0.101 e. The van der Waals surface area contributed by atoms with Gasteiger partial charge in [0.05, 0.1) is 6.10 Å². The summed E-state index contributed by atoms with van der Waals surface area (Å²) in [5, 5.41) is 5.15. The van der Waals surface area contributed by atoms with Gasteiger partial charge in [-0.2, -0.15) is 0 Å². The standard InChI is InChI=1S/C14H22N2OS/c1-3-7-15-10-12-5-4-8-16-14(12)18-13-6-9-17-11(13)2/h4-5,8,11,13,15H,3,6-7,9-10H2,1-2H3. The molecule has 1 saturated heterocycles. The molecule has 1 fully saturated rings. The van der Waals surface area contributed by atoms with Crippen molar-refractivity contribution in [1.29, 1.82) is 0 Å². The summed E-state index contributed by atoms with van der Waals surface area (Å²) in [5.74, 6) is 0. The second-order valence-corrected chi connectivity index (χ2v) is 5.89. The summed E-state index contributed by atoms with van der Waals surface area (Å²) >= 11 is 1.87. The zero-order valence-corrected chi connectivity index (χ0v) is 12.0. The van der Waals surface area contributed by atoms with Crippen LogP contribution in [0.3, 0.4) is 0 Å². The zero-order chi connectivity index (χ0) is 12.8. The van der Waals surface area contributed by atoms with Crippen molar-refractivity contribution in [2.45, 2.75) is 49.6 Å². The fraction of sp³-hybridized carbons (Fsp3) is 0.643. The number of ether oxygens (including phenoxy) is 1. The molecule has 2 atom stereocenters. The van der Waals surface area contributed by atoms with Crippen molar-refractivity contribution in [3.8, 4) is 0 Å². The molecule has 1 aliphatic rings. The third-order valence-corrected chi connectivity index (χ3v) is 4.67. The van der Waals surface area contributed by atoms with E-state index in [4.69, 9.17) is 4.74 Å². The van der Waals surface area contributed by atoms with Crippen LogP contribution in [-0.4, -0.2) is 29.5 Å². The van der Waals surface area contributed by atoms with Crippen molar-refractivity contribution >= 4 is 11.8 Å². The van der Waals surface area contributed by atoms with Gasteiger partial charge in [0.2, 0.25) is 0 Å². The molecule has 18 heavy (non-hydrogen) atoms. The number of thioether (sulfide) groups is 1. The average Bonchev–Trinajstić information content (AvgIpc) is 2.78. The summed E-state index contributed by atoms with van der Waals surface area (Å²) < 4.78 is 5.61. The summed E-state index contributed by atoms with van der Waals surface area (Å²) in [5.41, 5.74) is 1.30. The number of nitrogens with zero attached hydrogens (tertiary/aromatic N) is 1. The number of hydrogen-bond acceptors (Lipinski definition) is 4. The van der Waals surface area contributed by atoms with E-state index in [0.29, 0.717) is 11.4 Å². The Morgan fingerprint density at radius 2 is 2.44 bits per heavy atom. The van der Waals surface area contributed by atoms with Crippen LogP contribution in [0.5, 0.6) is 0 Å². The maximum atomic E-state index is 5.61. The topological polar surface area (TPSA) is 34.2 Å². The molecule has 1 aromatic rings. The summed E-state index contributed by atoms with van der Waals surface area (Å²) in [6.07, 6.45) is 4.51. The Morgan fingerprint density at radius 3 is 3.17 bits per heavy atom. The number of rotatable bonds is 6. The quantitative estimate of drug-likeness (QED) is 0.803. The van der Waals surface area contributed by atoms with Gasteiger partial charge in [0.1, 0.15) is 5.03 Å². The van der Waals surface area contributed by atoms with E-state index in [0.717, 1.165) is 37.6 Å². The average molecular weight is 266 g/mol. The molecule has 0 aliphatic carbocycles. The van der Waals surface area contributed by atoms with Crippen LogP contribution in [0, 0.1) is 0 Å². The highest BCUT2D eigenvalue weighted by atomic mass is 32.2. The zero-order valence-electron chi connectivity index (χ0n) is 11.2. The van der Waals surface area contributed by atoms with Gasteiger partial charge in [-0.05, 0) is 37.9 Å². The third kappa shape index (κ3) is 3.70. The largest absolute Gasteiger partial charge is 0.377 e. The molecule has 0 saturated carbocycles. The van der Waals surface area contributed by atoms with Crippen molar-refractivity contribution in [3.05, 3.63) is 23.9 Å². The minimum absolute atomic E-state index is 0.341. The van der Waals surface area contributed by atoms with Crippen molar-refractivity contribution in [1.82, 2.24) is 10.3 Å². The predicted octanol–water partition coefficient (Wildman–Crippen LogP) is 2.85. The molecule has 1 aromatic heterocycles. The SMILES string of the molecule is CCCNCc1cccnc1SC1CCOC1C. The summed E-state index contributed by atoms with van der Waals surface area (Å²) in [4.78, 5) is 4.52. The molecule has 100 valence electrons. The van der Waals surface area contributed by atoms with Crippen LogP contribution in [0.15, 0.2) is 23.4 Å². The van der Waals surface area contributed by atoms with E-state index >= 15 is 0 Å². The van der Waals surface area contributed by atoms with E-state index < -0.39 is 0 Å². The third-order valence-electron chi connectivity index (χ3n) is 3.16. The van der Waals surface area contributed by atoms with Crippen LogP contribution in [0.4, 0.5) is 0 Å². The van der Waals surface area contributed by atoms with E-state index in [2.05, 4.69) is 30.2 Å². The molecule has 0 spiro atoms. The molecule has 3 nitrogen and oxygen atoms in total. The van der Waals surface area contributed by atoms with Crippen LogP contribution in [-0.2, 0) is 11.3 Å². The van der Waals surface area contributed by atoms with Crippen LogP contribution in [0.1, 0.15) is 32.3 Å². The van der Waals surface area contributed by atoms with Gasteiger partial charge in [-0.25, -0.2) is 4.98 Å². The van der Waals surface area contributed by atoms with Gasteiger partial charge in [-0.1, -0.05) is 24.8 Å². The normalized spacial score (nSPS) is 23.4. The number of hydrogen-bond donors (Lipinski definition) is 1. The highest BCUT2D eigenvalue weighted by Gasteiger charge is 2.26. The number of pyridine rings is 1. The van der Waals surface area contributed by atoms with Crippen LogP contribution >= 0.6 is 11.8 Å². The molecule has 0 aromatic carbocycles. The Labute approximate surface area is 114 Å². The lowest BCUT2D eigenvalue weighted by Gasteiger charge is -2.15. The Balaban J connectivity index is 1.98. The number of nitrogens with one attached hydrogen (secondary N) is 1. The van der Waals surface area contributed by atoms with Gasteiger partial charge in [0.25, 0.3) is 0 Å². The first-order valence-corrected chi connectivity index (χ1v) is 7.62. The summed E-state index contributed by atoms with van der Waals surface area (Å²) in [6, 6.07) is 4.18. The summed E-state index contributed by atoms with van der Waals surface area (Å²) in [6.45, 7) is 7.19. The smallest absolute Gasteiger partial charge is 0.101 e. The Hall–Kier alpha value is -0.580. The first kappa shape index (κ1) is 13.8. The van der Waals surface area contributed by atoms with E-state index in [-0.39, 0.29) is 0 Å². The first-order valence-electron chi connectivity index (χ1n) is 6.74. The van der Waals surface area contributed by atoms with Gasteiger partial charge in [0, 0.05) is 24.6 Å². The van der Waals surface area contributed by atoms with Crippen LogP contribution in [0.25, 0.3) is 0 Å². The molecule has 0 radical (unpaired) electrons. The molecule has 1 N–H and O–H groups in total. The molecule has 0 bridgehead atoms. The minimum atomic E-state index is 0.341. The van der Waals surface area contributed by atoms with Gasteiger partial charge in [0.15, 0.2) is 0 Å². The molecule has 2 unspecified atom stereocenters. The Morgan fingerprint density at radius 1 is 1.56 bits per heavy atom. The van der Waals surface area contributed by atoms with Gasteiger partial charge < -0.3 is 10.1 Å². The van der Waals surface area contributed by atoms with Crippen molar-refractivity contribution in [2.75, 3.05) is 13.2 Å². The molecule has 4 heteroatoms. The molecule has 1 aliphatic heterocycles. The van der Waals surface area contributed by atoms with E-state index in [1.54, 1.807) is 0 Å². The van der Waals surface area contributed by atoms with Crippen molar-refractivity contribution < 1.29 is 4.74 Å². The number of aromatic nitrogens is 1. The predicted molar refractivity (Wildman–Crippen MR) is 75.9 cm³/mol. The maximum absolute atomic E-state index is 5.61. The first-order chi connectivity index (χ1) is 8.81. The fourth-order valence-corrected chi connectivity index (χ4v) is 3.26. The molecule has 2 rings (SSSR count). The Bertz CT molecular complexity index is 373. The second kappa shape index (κ2) is 7.12. The highest BCUT2D eigenvalue weighted by Crippen LogP contribution is 2.32. The van der Waals surface area contributed by atoms with Crippen LogP contribution in [0.2, 0.25) is 0 Å². The van der Waals surface area contributed by atoms with Crippen molar-refractivity contribution in [3.63, 3.8) is 0 Å². The van der Waals surface area contributed by atoms with E-state index in [9.17, 15) is 0 Å². The van der Waals surface area contributed by atoms with Gasteiger partial charge >= 0.3 is 0 Å².